The lowest BCUT2D eigenvalue weighted by Gasteiger charge is -2.39. The number of carbonyl (C=O) groups excluding carboxylic acids is 1. The van der Waals surface area contributed by atoms with Crippen LogP contribution in [0.25, 0.3) is 0 Å². The molecule has 1 saturated carbocycles. The van der Waals surface area contributed by atoms with Crippen molar-refractivity contribution in [1.82, 2.24) is 5.32 Å². The second-order valence-corrected chi connectivity index (χ2v) is 6.70. The van der Waals surface area contributed by atoms with E-state index in [1.807, 2.05) is 6.07 Å². The lowest BCUT2D eigenvalue weighted by molar-refractivity contribution is -0.123. The average molecular weight is 288 g/mol. The molecule has 3 N–H and O–H groups in total. The Hall–Kier alpha value is -1.35. The van der Waals surface area contributed by atoms with Crippen LogP contribution in [0.4, 0.5) is 0 Å². The summed E-state index contributed by atoms with van der Waals surface area (Å²) in [5.74, 6) is 0.894. The number of amides is 1. The van der Waals surface area contributed by atoms with Crippen molar-refractivity contribution in [2.45, 2.75) is 57.9 Å². The van der Waals surface area contributed by atoms with Crippen molar-refractivity contribution < 1.29 is 4.79 Å². The van der Waals surface area contributed by atoms with Gasteiger partial charge >= 0.3 is 0 Å². The maximum atomic E-state index is 12.2. The lowest BCUT2D eigenvalue weighted by Crippen LogP contribution is -2.55. The first-order chi connectivity index (χ1) is 10.0. The minimum Gasteiger partial charge on any atom is -0.349 e. The van der Waals surface area contributed by atoms with Gasteiger partial charge in [-0.05, 0) is 50.5 Å². The van der Waals surface area contributed by atoms with Gasteiger partial charge in [0.1, 0.15) is 0 Å². The molecule has 3 heteroatoms. The molecule has 1 aliphatic rings. The van der Waals surface area contributed by atoms with E-state index in [4.69, 9.17) is 5.73 Å². The fourth-order valence-corrected chi connectivity index (χ4v) is 3.18. The summed E-state index contributed by atoms with van der Waals surface area (Å²) < 4.78 is 0. The van der Waals surface area contributed by atoms with Gasteiger partial charge in [-0.3, -0.25) is 4.79 Å². The van der Waals surface area contributed by atoms with E-state index in [1.165, 1.54) is 11.1 Å². The molecule has 0 saturated heterocycles. The van der Waals surface area contributed by atoms with Crippen LogP contribution in [-0.2, 0) is 11.2 Å². The van der Waals surface area contributed by atoms with Gasteiger partial charge in [-0.2, -0.15) is 0 Å². The molecule has 1 fully saturated rings. The second kappa shape index (κ2) is 7.08. The Morgan fingerprint density at radius 3 is 2.71 bits per heavy atom. The van der Waals surface area contributed by atoms with Gasteiger partial charge in [-0.25, -0.2) is 0 Å². The van der Waals surface area contributed by atoms with Gasteiger partial charge in [0.15, 0.2) is 0 Å². The van der Waals surface area contributed by atoms with E-state index in [0.29, 0.717) is 13.0 Å². The van der Waals surface area contributed by atoms with Crippen LogP contribution in [-0.4, -0.2) is 18.0 Å². The van der Waals surface area contributed by atoms with E-state index < -0.39 is 0 Å². The first-order valence-electron chi connectivity index (χ1n) is 8.10. The Labute approximate surface area is 128 Å². The zero-order chi connectivity index (χ0) is 15.3. The van der Waals surface area contributed by atoms with Gasteiger partial charge in [0, 0.05) is 13.0 Å². The number of aryl methyl sites for hydroxylation is 2. The van der Waals surface area contributed by atoms with Crippen molar-refractivity contribution in [2.75, 3.05) is 6.54 Å². The van der Waals surface area contributed by atoms with Gasteiger partial charge in [-0.15, -0.1) is 0 Å². The molecule has 1 amide bonds. The van der Waals surface area contributed by atoms with Crippen LogP contribution in [0.15, 0.2) is 24.3 Å². The van der Waals surface area contributed by atoms with Gasteiger partial charge < -0.3 is 11.1 Å². The summed E-state index contributed by atoms with van der Waals surface area (Å²) in [5, 5.41) is 3.22. The summed E-state index contributed by atoms with van der Waals surface area (Å²) in [5.41, 5.74) is 8.26. The number of hydrogen-bond acceptors (Lipinski definition) is 2. The summed E-state index contributed by atoms with van der Waals surface area (Å²) >= 11 is 0. The van der Waals surface area contributed by atoms with E-state index in [9.17, 15) is 4.79 Å². The lowest BCUT2D eigenvalue weighted by atomic mass is 9.77. The van der Waals surface area contributed by atoms with Crippen LogP contribution in [0.3, 0.4) is 0 Å². The Morgan fingerprint density at radius 2 is 2.10 bits per heavy atom. The van der Waals surface area contributed by atoms with Crippen LogP contribution in [0, 0.1) is 12.8 Å². The summed E-state index contributed by atoms with van der Waals surface area (Å²) in [6.45, 7) is 4.91. The molecule has 3 nitrogen and oxygen atoms in total. The molecule has 0 atom stereocenters. The number of benzene rings is 1. The molecule has 0 heterocycles. The van der Waals surface area contributed by atoms with E-state index in [2.05, 4.69) is 37.4 Å². The Morgan fingerprint density at radius 1 is 1.38 bits per heavy atom. The highest BCUT2D eigenvalue weighted by Gasteiger charge is 2.33. The van der Waals surface area contributed by atoms with Crippen molar-refractivity contribution in [3.63, 3.8) is 0 Å². The van der Waals surface area contributed by atoms with Gasteiger partial charge in [0.05, 0.1) is 5.54 Å². The molecule has 116 valence electrons. The van der Waals surface area contributed by atoms with Gasteiger partial charge in [-0.1, -0.05) is 36.8 Å². The molecule has 0 radical (unpaired) electrons. The van der Waals surface area contributed by atoms with Crippen molar-refractivity contribution in [2.24, 2.45) is 11.7 Å². The number of hydrogen-bond donors (Lipinski definition) is 2. The summed E-state index contributed by atoms with van der Waals surface area (Å²) in [4.78, 5) is 12.2. The van der Waals surface area contributed by atoms with E-state index in [1.54, 1.807) is 0 Å². The van der Waals surface area contributed by atoms with E-state index in [-0.39, 0.29) is 11.4 Å². The summed E-state index contributed by atoms with van der Waals surface area (Å²) in [6, 6.07) is 8.36. The Kier molecular flexibility index (Phi) is 5.40. The first kappa shape index (κ1) is 16.0. The SMILES string of the molecule is Cc1cccc(CCC(=O)NC2(CN)CCC(C)CC2)c1. The van der Waals surface area contributed by atoms with Crippen LogP contribution in [0.2, 0.25) is 0 Å². The number of nitrogens with one attached hydrogen (secondary N) is 1. The minimum atomic E-state index is -0.157. The van der Waals surface area contributed by atoms with Crippen LogP contribution in [0.1, 0.15) is 50.2 Å². The van der Waals surface area contributed by atoms with Gasteiger partial charge in [0.25, 0.3) is 0 Å². The van der Waals surface area contributed by atoms with Gasteiger partial charge in [0.2, 0.25) is 5.91 Å². The summed E-state index contributed by atoms with van der Waals surface area (Å²) in [6.07, 6.45) is 5.69. The van der Waals surface area contributed by atoms with Crippen molar-refractivity contribution in [1.29, 1.82) is 0 Å². The smallest absolute Gasteiger partial charge is 0.220 e. The highest BCUT2D eigenvalue weighted by atomic mass is 16.1. The van der Waals surface area contributed by atoms with Crippen LogP contribution < -0.4 is 11.1 Å². The highest BCUT2D eigenvalue weighted by molar-refractivity contribution is 5.77. The number of carbonyl (C=O) groups is 1. The molecule has 0 spiro atoms. The molecule has 21 heavy (non-hydrogen) atoms. The molecular formula is C18H28N2O. The van der Waals surface area contributed by atoms with Crippen molar-refractivity contribution >= 4 is 5.91 Å². The molecule has 2 rings (SSSR count). The molecule has 0 aliphatic heterocycles. The molecule has 0 bridgehead atoms. The standard InChI is InChI=1S/C18H28N2O/c1-14-8-10-18(13-19,11-9-14)20-17(21)7-6-16-5-3-4-15(2)12-16/h3-5,12,14H,6-11,13,19H2,1-2H3,(H,20,21). The third kappa shape index (κ3) is 4.57. The molecule has 1 aliphatic carbocycles. The average Bonchev–Trinajstić information content (AvgIpc) is 2.48. The Balaban J connectivity index is 1.86. The third-order valence-corrected chi connectivity index (χ3v) is 4.75. The van der Waals surface area contributed by atoms with E-state index in [0.717, 1.165) is 38.0 Å². The molecule has 0 aromatic heterocycles. The fraction of sp³-hybridized carbons (Fsp3) is 0.611. The highest BCUT2D eigenvalue weighted by Crippen LogP contribution is 2.31. The third-order valence-electron chi connectivity index (χ3n) is 4.75. The monoisotopic (exact) mass is 288 g/mol. The topological polar surface area (TPSA) is 55.1 Å². The van der Waals surface area contributed by atoms with Crippen molar-refractivity contribution in [3.05, 3.63) is 35.4 Å². The molecule has 1 aromatic rings. The maximum Gasteiger partial charge on any atom is 0.220 e. The predicted octanol–water partition coefficient (Wildman–Crippen LogP) is 2.95. The van der Waals surface area contributed by atoms with Crippen LogP contribution in [0.5, 0.6) is 0 Å². The van der Waals surface area contributed by atoms with Crippen LogP contribution >= 0.6 is 0 Å². The maximum absolute atomic E-state index is 12.2. The Bertz CT molecular complexity index is 476. The summed E-state index contributed by atoms with van der Waals surface area (Å²) in [7, 11) is 0. The number of rotatable bonds is 5. The quantitative estimate of drug-likeness (QED) is 0.875. The normalized spacial score (nSPS) is 25.6. The fourth-order valence-electron chi connectivity index (χ4n) is 3.18. The zero-order valence-electron chi connectivity index (χ0n) is 13.3. The number of nitrogens with two attached hydrogens (primary N) is 1. The molecular weight excluding hydrogens is 260 g/mol. The van der Waals surface area contributed by atoms with Crippen molar-refractivity contribution in [3.8, 4) is 0 Å². The molecule has 0 unspecified atom stereocenters. The zero-order valence-corrected chi connectivity index (χ0v) is 13.3. The largest absolute Gasteiger partial charge is 0.349 e. The predicted molar refractivity (Wildman–Crippen MR) is 87.1 cm³/mol. The second-order valence-electron chi connectivity index (χ2n) is 6.70. The van der Waals surface area contributed by atoms with E-state index >= 15 is 0 Å². The first-order valence-corrected chi connectivity index (χ1v) is 8.10. The minimum absolute atomic E-state index is 0.136. The molecule has 1 aromatic carbocycles.